The number of carbonyl (C=O) groups excluding carboxylic acids is 2. The van der Waals surface area contributed by atoms with Crippen LogP contribution in [0.25, 0.3) is 0 Å². The molecule has 2 saturated heterocycles. The molecule has 2 fully saturated rings. The monoisotopic (exact) mass is 346 g/mol. The van der Waals surface area contributed by atoms with Crippen molar-refractivity contribution in [2.75, 3.05) is 6.54 Å². The lowest BCUT2D eigenvalue weighted by atomic mass is 9.84. The minimum absolute atomic E-state index is 0.224. The van der Waals surface area contributed by atoms with E-state index in [0.29, 0.717) is 6.54 Å². The fourth-order valence-corrected chi connectivity index (χ4v) is 4.12. The number of hydrogen-bond donors (Lipinski definition) is 1. The number of likely N-dealkylation sites (tertiary alicyclic amines) is 1. The fraction of sp³-hybridized carbons (Fsp3) is 0.579. The van der Waals surface area contributed by atoms with E-state index in [9.17, 15) is 9.59 Å². The zero-order valence-corrected chi connectivity index (χ0v) is 15.0. The van der Waals surface area contributed by atoms with E-state index < -0.39 is 23.9 Å². The summed E-state index contributed by atoms with van der Waals surface area (Å²) in [6, 6.07) is 10.0. The van der Waals surface area contributed by atoms with Gasteiger partial charge in [0.25, 0.3) is 5.91 Å². The Labute approximate surface area is 148 Å². The van der Waals surface area contributed by atoms with E-state index in [2.05, 4.69) is 19.1 Å². The van der Waals surface area contributed by atoms with E-state index >= 15 is 0 Å². The summed E-state index contributed by atoms with van der Waals surface area (Å²) in [5.41, 5.74) is 6.17. The number of rotatable bonds is 4. The second kappa shape index (κ2) is 6.42. The van der Waals surface area contributed by atoms with Crippen LogP contribution >= 0.6 is 0 Å². The molecule has 0 spiro atoms. The minimum atomic E-state index is -1.06. The molecule has 0 bridgehead atoms. The zero-order chi connectivity index (χ0) is 18.2. The number of ether oxygens (including phenoxy) is 2. The van der Waals surface area contributed by atoms with E-state index in [-0.39, 0.29) is 11.4 Å². The molecule has 3 atom stereocenters. The van der Waals surface area contributed by atoms with Gasteiger partial charge in [-0.2, -0.15) is 0 Å². The fourth-order valence-electron chi connectivity index (χ4n) is 4.12. The minimum Gasteiger partial charge on any atom is -0.367 e. The number of benzene rings is 1. The van der Waals surface area contributed by atoms with Crippen LogP contribution in [-0.2, 0) is 24.6 Å². The van der Waals surface area contributed by atoms with E-state index in [4.69, 9.17) is 15.2 Å². The van der Waals surface area contributed by atoms with Crippen molar-refractivity contribution in [3.05, 3.63) is 35.9 Å². The van der Waals surface area contributed by atoms with Crippen molar-refractivity contribution in [1.29, 1.82) is 0 Å². The van der Waals surface area contributed by atoms with Gasteiger partial charge >= 0.3 is 0 Å². The third kappa shape index (κ3) is 3.04. The van der Waals surface area contributed by atoms with Gasteiger partial charge in [0, 0.05) is 6.54 Å². The molecule has 3 rings (SSSR count). The van der Waals surface area contributed by atoms with Crippen molar-refractivity contribution in [1.82, 2.24) is 4.90 Å². The van der Waals surface area contributed by atoms with Crippen LogP contribution in [0.3, 0.4) is 0 Å². The van der Waals surface area contributed by atoms with Crippen LogP contribution in [0.4, 0.5) is 0 Å². The van der Waals surface area contributed by atoms with Crippen molar-refractivity contribution in [3.63, 3.8) is 0 Å². The first-order valence-corrected chi connectivity index (χ1v) is 8.83. The van der Waals surface area contributed by atoms with Crippen molar-refractivity contribution in [3.8, 4) is 0 Å². The van der Waals surface area contributed by atoms with E-state index in [1.165, 1.54) is 0 Å². The highest BCUT2D eigenvalue weighted by Gasteiger charge is 2.53. The SMILES string of the molecule is CCC1(c2ccccc2)CCCN1C(=O)[C@@H]1OC(C)(C)O[C@H]1C(N)=O. The van der Waals surface area contributed by atoms with Gasteiger partial charge in [-0.15, -0.1) is 0 Å². The molecule has 0 aliphatic carbocycles. The summed E-state index contributed by atoms with van der Waals surface area (Å²) in [4.78, 5) is 26.9. The van der Waals surface area contributed by atoms with Crippen LogP contribution < -0.4 is 5.73 Å². The zero-order valence-electron chi connectivity index (χ0n) is 15.0. The van der Waals surface area contributed by atoms with Crippen molar-refractivity contribution < 1.29 is 19.1 Å². The number of nitrogens with zero attached hydrogens (tertiary/aromatic N) is 1. The van der Waals surface area contributed by atoms with E-state index in [1.54, 1.807) is 13.8 Å². The summed E-state index contributed by atoms with van der Waals surface area (Å²) < 4.78 is 11.3. The van der Waals surface area contributed by atoms with Crippen molar-refractivity contribution in [2.45, 2.75) is 63.6 Å². The molecule has 2 amide bonds. The molecular weight excluding hydrogens is 320 g/mol. The number of hydrogen-bond acceptors (Lipinski definition) is 4. The molecule has 1 unspecified atom stereocenters. The first-order valence-electron chi connectivity index (χ1n) is 8.83. The van der Waals surface area contributed by atoms with Gasteiger partial charge in [0.05, 0.1) is 5.54 Å². The van der Waals surface area contributed by atoms with Crippen LogP contribution in [-0.4, -0.2) is 41.3 Å². The number of nitrogens with two attached hydrogens (primary N) is 1. The Morgan fingerprint density at radius 1 is 1.20 bits per heavy atom. The Morgan fingerprint density at radius 3 is 2.44 bits per heavy atom. The summed E-state index contributed by atoms with van der Waals surface area (Å²) in [5, 5.41) is 0. The molecule has 2 aliphatic heterocycles. The third-order valence-corrected chi connectivity index (χ3v) is 5.27. The Hall–Kier alpha value is -1.92. The Kier molecular flexibility index (Phi) is 4.60. The van der Waals surface area contributed by atoms with Crippen LogP contribution in [0, 0.1) is 0 Å². The normalized spacial score (nSPS) is 31.2. The lowest BCUT2D eigenvalue weighted by molar-refractivity contribution is -0.165. The average molecular weight is 346 g/mol. The number of amides is 2. The van der Waals surface area contributed by atoms with Crippen molar-refractivity contribution in [2.24, 2.45) is 5.73 Å². The molecule has 0 radical (unpaired) electrons. The standard InChI is InChI=1S/C19H26N2O4/c1-4-19(13-9-6-5-7-10-13)11-8-12-21(19)17(23)15-14(16(20)22)24-18(2,3)25-15/h5-7,9-10,14-15H,4,8,11-12H2,1-3H3,(H2,20,22)/t14-,15-,19?/m1/s1. The predicted octanol–water partition coefficient (Wildman–Crippen LogP) is 1.92. The first kappa shape index (κ1) is 17.9. The maximum Gasteiger partial charge on any atom is 0.255 e. The highest BCUT2D eigenvalue weighted by Crippen LogP contribution is 2.43. The van der Waals surface area contributed by atoms with Gasteiger partial charge in [-0.3, -0.25) is 9.59 Å². The van der Waals surface area contributed by atoms with Crippen LogP contribution in [0.1, 0.15) is 45.6 Å². The average Bonchev–Trinajstić information content (AvgIpc) is 3.16. The molecule has 0 saturated carbocycles. The van der Waals surface area contributed by atoms with Crippen LogP contribution in [0.15, 0.2) is 30.3 Å². The molecule has 2 N–H and O–H groups in total. The topological polar surface area (TPSA) is 81.9 Å². The molecule has 6 heteroatoms. The molecular formula is C19H26N2O4. The molecule has 25 heavy (non-hydrogen) atoms. The Balaban J connectivity index is 1.94. The van der Waals surface area contributed by atoms with Gasteiger partial charge in [-0.05, 0) is 38.7 Å². The second-order valence-electron chi connectivity index (χ2n) is 7.22. The van der Waals surface area contributed by atoms with Gasteiger partial charge in [-0.25, -0.2) is 0 Å². The summed E-state index contributed by atoms with van der Waals surface area (Å²) >= 11 is 0. The summed E-state index contributed by atoms with van der Waals surface area (Å²) in [7, 11) is 0. The van der Waals surface area contributed by atoms with E-state index in [0.717, 1.165) is 24.8 Å². The maximum absolute atomic E-state index is 13.3. The summed E-state index contributed by atoms with van der Waals surface area (Å²) in [6.07, 6.45) is 0.527. The van der Waals surface area contributed by atoms with Crippen molar-refractivity contribution >= 4 is 11.8 Å². The van der Waals surface area contributed by atoms with Crippen LogP contribution in [0.2, 0.25) is 0 Å². The molecule has 1 aromatic rings. The Bertz CT molecular complexity index is 661. The van der Waals surface area contributed by atoms with Gasteiger partial charge in [0.2, 0.25) is 5.91 Å². The summed E-state index contributed by atoms with van der Waals surface area (Å²) in [6.45, 7) is 6.09. The quantitative estimate of drug-likeness (QED) is 0.903. The lowest BCUT2D eigenvalue weighted by Gasteiger charge is -2.40. The molecule has 1 aromatic carbocycles. The predicted molar refractivity (Wildman–Crippen MR) is 92.4 cm³/mol. The highest BCUT2D eigenvalue weighted by molar-refractivity contribution is 5.91. The molecule has 2 heterocycles. The first-order chi connectivity index (χ1) is 11.8. The number of primary amides is 1. The lowest BCUT2D eigenvalue weighted by Crippen LogP contribution is -2.53. The van der Waals surface area contributed by atoms with Gasteiger partial charge in [0.15, 0.2) is 18.0 Å². The number of carbonyl (C=O) groups is 2. The smallest absolute Gasteiger partial charge is 0.255 e. The molecule has 0 aromatic heterocycles. The maximum atomic E-state index is 13.3. The second-order valence-corrected chi connectivity index (χ2v) is 7.22. The van der Waals surface area contributed by atoms with Gasteiger partial charge in [0.1, 0.15) is 0 Å². The van der Waals surface area contributed by atoms with Gasteiger partial charge < -0.3 is 20.1 Å². The molecule has 2 aliphatic rings. The summed E-state index contributed by atoms with van der Waals surface area (Å²) in [5.74, 6) is -1.91. The molecule has 136 valence electrons. The van der Waals surface area contributed by atoms with Crippen LogP contribution in [0.5, 0.6) is 0 Å². The third-order valence-electron chi connectivity index (χ3n) is 5.27. The largest absolute Gasteiger partial charge is 0.367 e. The van der Waals surface area contributed by atoms with Gasteiger partial charge in [-0.1, -0.05) is 37.3 Å². The Morgan fingerprint density at radius 2 is 1.84 bits per heavy atom. The highest BCUT2D eigenvalue weighted by atomic mass is 16.8. The van der Waals surface area contributed by atoms with E-state index in [1.807, 2.05) is 23.1 Å². The molecule has 6 nitrogen and oxygen atoms in total.